The number of amides is 2. The van der Waals surface area contributed by atoms with Crippen molar-refractivity contribution in [1.82, 2.24) is 9.97 Å². The van der Waals surface area contributed by atoms with Crippen LogP contribution in [0.3, 0.4) is 0 Å². The topological polar surface area (TPSA) is 67.3 Å². The molecular formula is C24H20N4O2S. The first-order valence-electron chi connectivity index (χ1n) is 9.89. The van der Waals surface area contributed by atoms with Crippen molar-refractivity contribution in [1.29, 1.82) is 0 Å². The number of anilines is 2. The molecule has 0 aliphatic carbocycles. The van der Waals surface area contributed by atoms with Crippen LogP contribution in [0.25, 0.3) is 11.3 Å². The molecule has 2 aromatic carbocycles. The van der Waals surface area contributed by atoms with Gasteiger partial charge in [-0.1, -0.05) is 17.7 Å². The molecule has 4 aromatic rings. The highest BCUT2D eigenvalue weighted by Gasteiger charge is 2.26. The first-order valence-corrected chi connectivity index (χ1v) is 10.8. The highest BCUT2D eigenvalue weighted by Crippen LogP contribution is 2.35. The van der Waals surface area contributed by atoms with E-state index in [2.05, 4.69) is 28.3 Å². The lowest BCUT2D eigenvalue weighted by molar-refractivity contribution is 0.256. The molecule has 1 aliphatic heterocycles. The van der Waals surface area contributed by atoms with E-state index in [9.17, 15) is 4.79 Å². The molecule has 1 aliphatic rings. The predicted octanol–water partition coefficient (Wildman–Crippen LogP) is 6.17. The van der Waals surface area contributed by atoms with Crippen LogP contribution in [0.5, 0.6) is 11.5 Å². The Morgan fingerprint density at radius 1 is 1.06 bits per heavy atom. The monoisotopic (exact) mass is 428 g/mol. The minimum Gasteiger partial charge on any atom is -0.457 e. The van der Waals surface area contributed by atoms with Crippen LogP contribution in [0, 0.1) is 13.8 Å². The smallest absolute Gasteiger partial charge is 0.328 e. The number of aryl methyl sites for hydroxylation is 2. The third-order valence-corrected chi connectivity index (χ3v) is 6.01. The van der Waals surface area contributed by atoms with Crippen molar-refractivity contribution in [2.45, 2.75) is 20.4 Å². The third kappa shape index (κ3) is 3.87. The van der Waals surface area contributed by atoms with Crippen molar-refractivity contribution in [3.8, 4) is 22.8 Å². The maximum atomic E-state index is 12.7. The zero-order chi connectivity index (χ0) is 21.4. The van der Waals surface area contributed by atoms with E-state index in [0.717, 1.165) is 39.6 Å². The van der Waals surface area contributed by atoms with Crippen molar-refractivity contribution in [2.24, 2.45) is 0 Å². The molecule has 0 fully saturated rings. The van der Waals surface area contributed by atoms with E-state index in [-0.39, 0.29) is 6.03 Å². The van der Waals surface area contributed by atoms with Crippen molar-refractivity contribution < 1.29 is 9.53 Å². The molecule has 0 bridgehead atoms. The summed E-state index contributed by atoms with van der Waals surface area (Å²) in [5.41, 5.74) is 5.84. The second kappa shape index (κ2) is 7.85. The molecule has 31 heavy (non-hydrogen) atoms. The maximum Gasteiger partial charge on any atom is 0.328 e. The summed E-state index contributed by atoms with van der Waals surface area (Å²) in [5, 5.41) is 5.56. The number of aromatic nitrogens is 2. The molecule has 6 nitrogen and oxygen atoms in total. The van der Waals surface area contributed by atoms with Crippen molar-refractivity contribution in [3.05, 3.63) is 83.0 Å². The van der Waals surface area contributed by atoms with Crippen LogP contribution in [-0.2, 0) is 6.54 Å². The van der Waals surface area contributed by atoms with Crippen LogP contribution in [0.1, 0.15) is 16.7 Å². The molecule has 0 spiro atoms. The predicted molar refractivity (Wildman–Crippen MR) is 123 cm³/mol. The number of hydrogen-bond acceptors (Lipinski definition) is 5. The number of urea groups is 1. The molecule has 0 atom stereocenters. The lowest BCUT2D eigenvalue weighted by atomic mass is 10.1. The molecule has 2 aromatic heterocycles. The summed E-state index contributed by atoms with van der Waals surface area (Å²) in [6, 6.07) is 15.5. The quantitative estimate of drug-likeness (QED) is 0.422. The molecule has 7 heteroatoms. The summed E-state index contributed by atoms with van der Waals surface area (Å²) in [5.74, 6) is 1.56. The normalized spacial score (nSPS) is 13.0. The zero-order valence-electron chi connectivity index (χ0n) is 17.1. The Kier molecular flexibility index (Phi) is 4.88. The number of ether oxygens (including phenoxy) is 1. The highest BCUT2D eigenvalue weighted by molar-refractivity contribution is 7.14. The number of rotatable bonds is 4. The number of thiazole rings is 1. The fraction of sp³-hybridized carbons (Fsp3) is 0.125. The molecule has 3 heterocycles. The van der Waals surface area contributed by atoms with E-state index < -0.39 is 0 Å². The maximum absolute atomic E-state index is 12.7. The second-order valence-electron chi connectivity index (χ2n) is 7.46. The summed E-state index contributed by atoms with van der Waals surface area (Å²) >= 11 is 1.44. The Morgan fingerprint density at radius 2 is 1.90 bits per heavy atom. The van der Waals surface area contributed by atoms with Crippen LogP contribution in [0.2, 0.25) is 0 Å². The van der Waals surface area contributed by atoms with E-state index >= 15 is 0 Å². The van der Waals surface area contributed by atoms with E-state index in [1.54, 1.807) is 17.3 Å². The van der Waals surface area contributed by atoms with Gasteiger partial charge < -0.3 is 10.1 Å². The lowest BCUT2D eigenvalue weighted by Gasteiger charge is -2.27. The van der Waals surface area contributed by atoms with E-state index in [4.69, 9.17) is 4.74 Å². The fourth-order valence-electron chi connectivity index (χ4n) is 3.55. The van der Waals surface area contributed by atoms with E-state index in [1.165, 1.54) is 16.9 Å². The van der Waals surface area contributed by atoms with E-state index in [0.29, 0.717) is 11.7 Å². The third-order valence-electron chi connectivity index (χ3n) is 5.15. The standard InChI is InChI=1S/C24H20N4O2S/c1-15-3-6-22(16(2)11-15)30-19-4-5-20-18(12-19)13-28(23(29)26-20)24-27-21(14-31-24)17-7-9-25-10-8-17/h3-12,14H,13H2,1-2H3,(H,26,29). The number of hydrogen-bond donors (Lipinski definition) is 1. The summed E-state index contributed by atoms with van der Waals surface area (Å²) in [6.45, 7) is 4.52. The average Bonchev–Trinajstić information content (AvgIpc) is 3.26. The summed E-state index contributed by atoms with van der Waals surface area (Å²) in [6.07, 6.45) is 3.46. The number of carbonyl (C=O) groups excluding carboxylic acids is 1. The van der Waals surface area contributed by atoms with E-state index in [1.807, 2.05) is 54.8 Å². The van der Waals surface area contributed by atoms with Gasteiger partial charge in [0.15, 0.2) is 5.13 Å². The first-order chi connectivity index (χ1) is 15.1. The van der Waals surface area contributed by atoms with Gasteiger partial charge in [-0.15, -0.1) is 11.3 Å². The molecule has 0 unspecified atom stereocenters. The minimum atomic E-state index is -0.189. The number of fused-ring (bicyclic) bond motifs is 1. The summed E-state index contributed by atoms with van der Waals surface area (Å²) in [7, 11) is 0. The van der Waals surface area contributed by atoms with Gasteiger partial charge in [-0.3, -0.25) is 9.88 Å². The van der Waals surface area contributed by atoms with Gasteiger partial charge in [0, 0.05) is 29.0 Å². The Bertz CT molecular complexity index is 1270. The number of nitrogens with zero attached hydrogens (tertiary/aromatic N) is 3. The molecule has 5 rings (SSSR count). The van der Waals surface area contributed by atoms with Crippen molar-refractivity contribution >= 4 is 28.2 Å². The lowest BCUT2D eigenvalue weighted by Crippen LogP contribution is -2.38. The number of benzene rings is 2. The van der Waals surface area contributed by atoms with Crippen LogP contribution in [-0.4, -0.2) is 16.0 Å². The molecule has 0 saturated heterocycles. The number of pyridine rings is 1. The first kappa shape index (κ1) is 19.3. The van der Waals surface area contributed by atoms with Gasteiger partial charge in [-0.25, -0.2) is 9.78 Å². The Hall–Kier alpha value is -3.71. The van der Waals surface area contributed by atoms with Gasteiger partial charge >= 0.3 is 6.03 Å². The Balaban J connectivity index is 1.40. The molecule has 154 valence electrons. The largest absolute Gasteiger partial charge is 0.457 e. The summed E-state index contributed by atoms with van der Waals surface area (Å²) < 4.78 is 6.11. The zero-order valence-corrected chi connectivity index (χ0v) is 17.9. The highest BCUT2D eigenvalue weighted by atomic mass is 32.1. The van der Waals surface area contributed by atoms with Crippen LogP contribution < -0.4 is 15.0 Å². The van der Waals surface area contributed by atoms with Gasteiger partial charge in [0.25, 0.3) is 0 Å². The SMILES string of the molecule is Cc1ccc(Oc2ccc3c(c2)CN(c2nc(-c4ccncc4)cs2)C(=O)N3)c(C)c1. The van der Waals surface area contributed by atoms with Crippen molar-refractivity contribution in [2.75, 3.05) is 10.2 Å². The minimum absolute atomic E-state index is 0.189. The Morgan fingerprint density at radius 3 is 2.71 bits per heavy atom. The van der Waals surface area contributed by atoms with Crippen LogP contribution >= 0.6 is 11.3 Å². The van der Waals surface area contributed by atoms with Gasteiger partial charge in [-0.05, 0) is 61.4 Å². The van der Waals surface area contributed by atoms with Crippen LogP contribution in [0.4, 0.5) is 15.6 Å². The molecule has 2 amide bonds. The van der Waals surface area contributed by atoms with Gasteiger partial charge in [0.05, 0.1) is 12.2 Å². The van der Waals surface area contributed by atoms with Crippen LogP contribution in [0.15, 0.2) is 66.3 Å². The Labute approximate surface area is 184 Å². The molecule has 0 radical (unpaired) electrons. The summed E-state index contributed by atoms with van der Waals surface area (Å²) in [4.78, 5) is 23.1. The van der Waals surface area contributed by atoms with Gasteiger partial charge in [-0.2, -0.15) is 0 Å². The van der Waals surface area contributed by atoms with Gasteiger partial charge in [0.2, 0.25) is 0 Å². The molecule has 1 N–H and O–H groups in total. The van der Waals surface area contributed by atoms with Crippen molar-refractivity contribution in [3.63, 3.8) is 0 Å². The molecular weight excluding hydrogens is 408 g/mol. The van der Waals surface area contributed by atoms with Gasteiger partial charge in [0.1, 0.15) is 11.5 Å². The fourth-order valence-corrected chi connectivity index (χ4v) is 4.38. The molecule has 0 saturated carbocycles. The second-order valence-corrected chi connectivity index (χ2v) is 8.29. The number of carbonyl (C=O) groups is 1. The average molecular weight is 429 g/mol. The number of nitrogens with one attached hydrogen (secondary N) is 1.